The molecule has 0 saturated carbocycles. The van der Waals surface area contributed by atoms with Crippen LogP contribution < -0.4 is 0 Å². The first kappa shape index (κ1) is 28.2. The van der Waals surface area contributed by atoms with Gasteiger partial charge in [0.2, 0.25) is 0 Å². The van der Waals surface area contributed by atoms with Gasteiger partial charge in [-0.25, -0.2) is 15.0 Å². The zero-order valence-corrected chi connectivity index (χ0v) is 26.9. The third-order valence-corrected chi connectivity index (χ3v) is 9.44. The van der Waals surface area contributed by atoms with Gasteiger partial charge < -0.3 is 8.98 Å². The molecule has 3 aromatic heterocycles. The summed E-state index contributed by atoms with van der Waals surface area (Å²) in [5.41, 5.74) is 9.97. The Bertz CT molecular complexity index is 2800. The lowest BCUT2D eigenvalue weighted by atomic mass is 10.1. The topological polar surface area (TPSA) is 56.7 Å². The Morgan fingerprint density at radius 1 is 0.380 bits per heavy atom. The van der Waals surface area contributed by atoms with Gasteiger partial charge in [0.1, 0.15) is 5.58 Å². The maximum Gasteiger partial charge on any atom is 0.164 e. The smallest absolute Gasteiger partial charge is 0.164 e. The van der Waals surface area contributed by atoms with Crippen LogP contribution in [0.1, 0.15) is 0 Å². The molecule has 234 valence electrons. The molecule has 0 aliphatic rings. The highest BCUT2D eigenvalue weighted by Crippen LogP contribution is 2.41. The molecule has 5 heteroatoms. The number of hydrogen-bond acceptors (Lipinski definition) is 4. The van der Waals surface area contributed by atoms with Crippen LogP contribution in [0.25, 0.3) is 94.7 Å². The molecule has 0 spiro atoms. The second-order valence-corrected chi connectivity index (χ2v) is 12.5. The Hall–Kier alpha value is -6.85. The summed E-state index contributed by atoms with van der Waals surface area (Å²) in [7, 11) is 0. The predicted molar refractivity (Wildman–Crippen MR) is 203 cm³/mol. The average molecular weight is 641 g/mol. The largest absolute Gasteiger partial charge is 0.454 e. The standard InChI is InChI=1S/C45H28N4O/c1-4-13-29(14-5-1)32-19-12-20-34(27-32)49-39-22-11-10-21-35(39)37-25-26-38-36-24-23-33(28-40(36)50-42(38)41(37)49)45-47-43(30-15-6-2-7-16-30)46-44(48-45)31-17-8-3-9-18-31/h1-28H. The molecule has 50 heavy (non-hydrogen) atoms. The van der Waals surface area contributed by atoms with E-state index >= 15 is 0 Å². The summed E-state index contributed by atoms with van der Waals surface area (Å²) in [5.74, 6) is 1.85. The van der Waals surface area contributed by atoms with Gasteiger partial charge in [-0.1, -0.05) is 133 Å². The molecule has 0 aliphatic carbocycles. The normalized spacial score (nSPS) is 11.6. The van der Waals surface area contributed by atoms with Gasteiger partial charge in [-0.3, -0.25) is 0 Å². The Labute approximate surface area is 287 Å². The monoisotopic (exact) mass is 640 g/mol. The molecule has 0 aliphatic heterocycles. The fourth-order valence-electron chi connectivity index (χ4n) is 7.08. The summed E-state index contributed by atoms with van der Waals surface area (Å²) >= 11 is 0. The molecule has 0 saturated heterocycles. The first-order chi connectivity index (χ1) is 24.8. The highest BCUT2D eigenvalue weighted by atomic mass is 16.3. The highest BCUT2D eigenvalue weighted by Gasteiger charge is 2.20. The van der Waals surface area contributed by atoms with Crippen molar-refractivity contribution < 1.29 is 4.42 Å². The van der Waals surface area contributed by atoms with Crippen molar-refractivity contribution in [3.05, 3.63) is 170 Å². The fraction of sp³-hybridized carbons (Fsp3) is 0. The third-order valence-electron chi connectivity index (χ3n) is 9.44. The maximum absolute atomic E-state index is 6.87. The average Bonchev–Trinajstić information content (AvgIpc) is 3.74. The molecule has 0 bridgehead atoms. The van der Waals surface area contributed by atoms with E-state index in [-0.39, 0.29) is 0 Å². The number of benzene rings is 7. The molecule has 0 fully saturated rings. The Morgan fingerprint density at radius 2 is 0.940 bits per heavy atom. The van der Waals surface area contributed by atoms with Crippen molar-refractivity contribution >= 4 is 43.7 Å². The van der Waals surface area contributed by atoms with E-state index in [2.05, 4.69) is 114 Å². The van der Waals surface area contributed by atoms with E-state index < -0.39 is 0 Å². The lowest BCUT2D eigenvalue weighted by Crippen LogP contribution is -2.00. The van der Waals surface area contributed by atoms with Gasteiger partial charge in [0.15, 0.2) is 23.1 Å². The molecule has 0 radical (unpaired) electrons. The van der Waals surface area contributed by atoms with E-state index in [0.717, 1.165) is 66.3 Å². The summed E-state index contributed by atoms with van der Waals surface area (Å²) < 4.78 is 9.21. The summed E-state index contributed by atoms with van der Waals surface area (Å²) in [4.78, 5) is 14.8. The number of furan rings is 1. The second-order valence-electron chi connectivity index (χ2n) is 12.5. The molecule has 0 atom stereocenters. The van der Waals surface area contributed by atoms with Crippen LogP contribution >= 0.6 is 0 Å². The van der Waals surface area contributed by atoms with Gasteiger partial charge in [0.05, 0.1) is 11.0 Å². The van der Waals surface area contributed by atoms with Crippen molar-refractivity contribution in [3.63, 3.8) is 0 Å². The van der Waals surface area contributed by atoms with Crippen molar-refractivity contribution in [1.29, 1.82) is 0 Å². The van der Waals surface area contributed by atoms with Crippen molar-refractivity contribution in [2.75, 3.05) is 0 Å². The zero-order chi connectivity index (χ0) is 33.0. The molecule has 3 heterocycles. The first-order valence-electron chi connectivity index (χ1n) is 16.7. The molecule has 7 aromatic carbocycles. The van der Waals surface area contributed by atoms with Crippen molar-refractivity contribution in [1.82, 2.24) is 19.5 Å². The van der Waals surface area contributed by atoms with Crippen LogP contribution in [0.5, 0.6) is 0 Å². The lowest BCUT2D eigenvalue weighted by molar-refractivity contribution is 0.671. The summed E-state index contributed by atoms with van der Waals surface area (Å²) in [6, 6.07) is 58.6. The van der Waals surface area contributed by atoms with E-state index in [1.165, 1.54) is 10.9 Å². The van der Waals surface area contributed by atoms with E-state index in [4.69, 9.17) is 19.4 Å². The van der Waals surface area contributed by atoms with Gasteiger partial charge in [-0.2, -0.15) is 0 Å². The zero-order valence-electron chi connectivity index (χ0n) is 26.9. The van der Waals surface area contributed by atoms with Gasteiger partial charge in [-0.15, -0.1) is 0 Å². The van der Waals surface area contributed by atoms with Crippen molar-refractivity contribution in [3.8, 4) is 51.0 Å². The number of aromatic nitrogens is 4. The van der Waals surface area contributed by atoms with E-state index in [9.17, 15) is 0 Å². The molecule has 10 rings (SSSR count). The maximum atomic E-state index is 6.87. The Kier molecular flexibility index (Phi) is 6.42. The van der Waals surface area contributed by atoms with Crippen LogP contribution in [0.3, 0.4) is 0 Å². The Morgan fingerprint density at radius 3 is 1.64 bits per heavy atom. The summed E-state index contributed by atoms with van der Waals surface area (Å²) in [6.45, 7) is 0. The van der Waals surface area contributed by atoms with Crippen LogP contribution in [-0.4, -0.2) is 19.5 Å². The van der Waals surface area contributed by atoms with Gasteiger partial charge in [0, 0.05) is 43.9 Å². The minimum atomic E-state index is 0.594. The molecular weight excluding hydrogens is 613 g/mol. The van der Waals surface area contributed by atoms with Crippen molar-refractivity contribution in [2.45, 2.75) is 0 Å². The van der Waals surface area contributed by atoms with Gasteiger partial charge in [-0.05, 0) is 47.5 Å². The minimum Gasteiger partial charge on any atom is -0.454 e. The summed E-state index contributed by atoms with van der Waals surface area (Å²) in [6.07, 6.45) is 0. The molecule has 0 unspecified atom stereocenters. The molecular formula is C45H28N4O. The SMILES string of the molecule is c1ccc(-c2cccc(-n3c4ccccc4c4ccc5c6ccc(-c7nc(-c8ccccc8)nc(-c8ccccc8)n7)cc6oc5c43)c2)cc1. The van der Waals surface area contributed by atoms with Gasteiger partial charge in [0.25, 0.3) is 0 Å². The fourth-order valence-corrected chi connectivity index (χ4v) is 7.08. The molecule has 0 amide bonds. The predicted octanol–water partition coefficient (Wildman–Crippen LogP) is 11.5. The number of fused-ring (bicyclic) bond motifs is 7. The van der Waals surface area contributed by atoms with Gasteiger partial charge >= 0.3 is 0 Å². The van der Waals surface area contributed by atoms with Crippen molar-refractivity contribution in [2.24, 2.45) is 0 Å². The van der Waals surface area contributed by atoms with Crippen LogP contribution in [0.15, 0.2) is 174 Å². The number of rotatable bonds is 5. The quantitative estimate of drug-likeness (QED) is 0.188. The van der Waals surface area contributed by atoms with Crippen LogP contribution in [0.2, 0.25) is 0 Å². The minimum absolute atomic E-state index is 0.594. The highest BCUT2D eigenvalue weighted by molar-refractivity contribution is 6.21. The third kappa shape index (κ3) is 4.60. The van der Waals surface area contributed by atoms with E-state index in [1.54, 1.807) is 0 Å². The van der Waals surface area contributed by atoms with E-state index in [1.807, 2.05) is 60.7 Å². The lowest BCUT2D eigenvalue weighted by Gasteiger charge is -2.10. The molecule has 10 aromatic rings. The molecule has 5 nitrogen and oxygen atoms in total. The van der Waals surface area contributed by atoms with Crippen LogP contribution in [0, 0.1) is 0 Å². The first-order valence-corrected chi connectivity index (χ1v) is 16.7. The van der Waals surface area contributed by atoms with Crippen LogP contribution in [-0.2, 0) is 0 Å². The summed E-state index contributed by atoms with van der Waals surface area (Å²) in [5, 5.41) is 4.44. The molecule has 0 N–H and O–H groups in total. The number of nitrogens with zero attached hydrogens (tertiary/aromatic N) is 4. The van der Waals surface area contributed by atoms with Crippen LogP contribution in [0.4, 0.5) is 0 Å². The second kappa shape index (κ2) is 11.4. The number of para-hydroxylation sites is 1. The number of hydrogen-bond donors (Lipinski definition) is 0. The van der Waals surface area contributed by atoms with E-state index in [0.29, 0.717) is 17.5 Å². The Balaban J connectivity index is 1.19.